The zero-order chi connectivity index (χ0) is 14.0. The summed E-state index contributed by atoms with van der Waals surface area (Å²) in [5.74, 6) is 5.95. The summed E-state index contributed by atoms with van der Waals surface area (Å²) in [5, 5.41) is 0. The Balaban J connectivity index is 2.08. The summed E-state index contributed by atoms with van der Waals surface area (Å²) in [6.07, 6.45) is 0.705. The summed E-state index contributed by atoms with van der Waals surface area (Å²) in [7, 11) is 0. The van der Waals surface area contributed by atoms with Gasteiger partial charge in [0.05, 0.1) is 18.2 Å². The Hall–Kier alpha value is -2.62. The zero-order valence-electron chi connectivity index (χ0n) is 11.5. The van der Waals surface area contributed by atoms with Crippen LogP contribution in [0.3, 0.4) is 0 Å². The summed E-state index contributed by atoms with van der Waals surface area (Å²) in [6.45, 7) is 2.44. The van der Waals surface area contributed by atoms with E-state index in [1.807, 2.05) is 61.5 Å². The van der Waals surface area contributed by atoms with Gasteiger partial charge < -0.3 is 0 Å². The summed E-state index contributed by atoms with van der Waals surface area (Å²) in [5.41, 5.74) is 3.14. The SMILES string of the molecule is CC#CCc1ccccc1N=C=NCc1ccccc1. The molecule has 0 aliphatic rings. The van der Waals surface area contributed by atoms with E-state index in [4.69, 9.17) is 0 Å². The molecule has 0 unspecified atom stereocenters. The smallest absolute Gasteiger partial charge is 0.0952 e. The Labute approximate surface area is 119 Å². The Morgan fingerprint density at radius 3 is 2.50 bits per heavy atom. The minimum Gasteiger partial charge on any atom is -0.221 e. The topological polar surface area (TPSA) is 24.7 Å². The third-order valence-electron chi connectivity index (χ3n) is 2.79. The molecule has 0 bridgehead atoms. The molecule has 0 atom stereocenters. The van der Waals surface area contributed by atoms with Gasteiger partial charge in [-0.05, 0) is 24.1 Å². The third-order valence-corrected chi connectivity index (χ3v) is 2.79. The number of hydrogen-bond acceptors (Lipinski definition) is 2. The highest BCUT2D eigenvalue weighted by Gasteiger charge is 1.96. The van der Waals surface area contributed by atoms with Gasteiger partial charge >= 0.3 is 0 Å². The maximum atomic E-state index is 4.29. The van der Waals surface area contributed by atoms with E-state index in [-0.39, 0.29) is 0 Å². The van der Waals surface area contributed by atoms with Crippen molar-refractivity contribution in [3.63, 3.8) is 0 Å². The molecule has 2 heteroatoms. The average Bonchev–Trinajstić information content (AvgIpc) is 2.51. The molecule has 2 aromatic rings. The molecule has 20 heavy (non-hydrogen) atoms. The molecule has 0 saturated heterocycles. The monoisotopic (exact) mass is 260 g/mol. The second-order valence-corrected chi connectivity index (χ2v) is 4.25. The lowest BCUT2D eigenvalue weighted by Gasteiger charge is -1.98. The van der Waals surface area contributed by atoms with E-state index >= 15 is 0 Å². The highest BCUT2D eigenvalue weighted by atomic mass is 14.8. The van der Waals surface area contributed by atoms with Crippen LogP contribution in [-0.2, 0) is 13.0 Å². The summed E-state index contributed by atoms with van der Waals surface area (Å²) >= 11 is 0. The molecule has 0 aliphatic carbocycles. The molecular formula is C18H16N2. The lowest BCUT2D eigenvalue weighted by Crippen LogP contribution is -1.82. The summed E-state index contributed by atoms with van der Waals surface area (Å²) in [4.78, 5) is 8.50. The number of nitrogens with zero attached hydrogens (tertiary/aromatic N) is 2. The molecule has 0 fully saturated rings. The normalized spacial score (nSPS) is 9.05. The van der Waals surface area contributed by atoms with Crippen molar-refractivity contribution >= 4 is 11.7 Å². The molecule has 2 nitrogen and oxygen atoms in total. The molecule has 0 N–H and O–H groups in total. The molecule has 98 valence electrons. The largest absolute Gasteiger partial charge is 0.221 e. The first kappa shape index (κ1) is 13.8. The predicted molar refractivity (Wildman–Crippen MR) is 83.3 cm³/mol. The molecular weight excluding hydrogens is 244 g/mol. The van der Waals surface area contributed by atoms with Crippen molar-refractivity contribution in [1.29, 1.82) is 0 Å². The summed E-state index contributed by atoms with van der Waals surface area (Å²) < 4.78 is 0. The number of benzene rings is 2. The molecule has 2 rings (SSSR count). The second kappa shape index (κ2) is 7.74. The van der Waals surface area contributed by atoms with Crippen LogP contribution in [0.25, 0.3) is 0 Å². The first-order valence-electron chi connectivity index (χ1n) is 6.54. The standard InChI is InChI=1S/C18H16N2/c1-2-3-11-17-12-7-8-13-18(17)20-15-19-14-16-9-5-4-6-10-16/h4-10,12-13H,11,14H2,1H3. The molecule has 0 spiro atoms. The quantitative estimate of drug-likeness (QED) is 0.579. The average molecular weight is 260 g/mol. The third kappa shape index (κ3) is 4.24. The van der Waals surface area contributed by atoms with E-state index in [1.165, 1.54) is 0 Å². The fraction of sp³-hybridized carbons (Fsp3) is 0.167. The number of hydrogen-bond donors (Lipinski definition) is 0. The van der Waals surface area contributed by atoms with Gasteiger partial charge in [-0.1, -0.05) is 54.5 Å². The van der Waals surface area contributed by atoms with Crippen LogP contribution in [-0.4, -0.2) is 6.01 Å². The highest BCUT2D eigenvalue weighted by molar-refractivity contribution is 5.56. The molecule has 0 saturated carbocycles. The Morgan fingerprint density at radius 1 is 0.950 bits per heavy atom. The van der Waals surface area contributed by atoms with Gasteiger partial charge in [0.15, 0.2) is 0 Å². The van der Waals surface area contributed by atoms with Crippen molar-refractivity contribution in [3.8, 4) is 11.8 Å². The molecule has 2 aromatic carbocycles. The van der Waals surface area contributed by atoms with Gasteiger partial charge in [-0.25, -0.2) is 4.99 Å². The Kier molecular flexibility index (Phi) is 5.34. The van der Waals surface area contributed by atoms with Gasteiger partial charge in [-0.2, -0.15) is 4.99 Å². The van der Waals surface area contributed by atoms with Crippen molar-refractivity contribution in [2.45, 2.75) is 19.9 Å². The fourth-order valence-electron chi connectivity index (χ4n) is 1.75. The number of para-hydroxylation sites is 1. The second-order valence-electron chi connectivity index (χ2n) is 4.25. The number of aliphatic imine (C=N–C) groups is 2. The van der Waals surface area contributed by atoms with Gasteiger partial charge in [0.25, 0.3) is 0 Å². The van der Waals surface area contributed by atoms with Crippen molar-refractivity contribution < 1.29 is 0 Å². The van der Waals surface area contributed by atoms with E-state index in [0.29, 0.717) is 13.0 Å². The van der Waals surface area contributed by atoms with Crippen LogP contribution in [0.4, 0.5) is 5.69 Å². The van der Waals surface area contributed by atoms with Gasteiger partial charge in [0.1, 0.15) is 0 Å². The molecule has 0 aromatic heterocycles. The van der Waals surface area contributed by atoms with Crippen LogP contribution in [0, 0.1) is 11.8 Å². The van der Waals surface area contributed by atoms with Crippen LogP contribution < -0.4 is 0 Å². The van der Waals surface area contributed by atoms with E-state index in [9.17, 15) is 0 Å². The minimum absolute atomic E-state index is 0.598. The van der Waals surface area contributed by atoms with E-state index in [1.54, 1.807) is 0 Å². The van der Waals surface area contributed by atoms with Crippen molar-refractivity contribution in [2.24, 2.45) is 9.98 Å². The van der Waals surface area contributed by atoms with Gasteiger partial charge in [-0.15, -0.1) is 5.92 Å². The van der Waals surface area contributed by atoms with Crippen LogP contribution in [0.2, 0.25) is 0 Å². The number of rotatable bonds is 4. The van der Waals surface area contributed by atoms with Gasteiger partial charge in [0.2, 0.25) is 0 Å². The Morgan fingerprint density at radius 2 is 1.70 bits per heavy atom. The van der Waals surface area contributed by atoms with Gasteiger partial charge in [-0.3, -0.25) is 0 Å². The Bertz CT molecular complexity index is 669. The molecule has 0 amide bonds. The van der Waals surface area contributed by atoms with E-state index in [2.05, 4.69) is 27.8 Å². The molecule has 0 aliphatic heterocycles. The lowest BCUT2D eigenvalue weighted by molar-refractivity contribution is 1.08. The predicted octanol–water partition coefficient (Wildman–Crippen LogP) is 4.26. The molecule has 0 radical (unpaired) electrons. The van der Waals surface area contributed by atoms with Crippen molar-refractivity contribution in [2.75, 3.05) is 0 Å². The van der Waals surface area contributed by atoms with Crippen LogP contribution in [0.15, 0.2) is 64.6 Å². The highest BCUT2D eigenvalue weighted by Crippen LogP contribution is 2.18. The maximum absolute atomic E-state index is 4.29. The van der Waals surface area contributed by atoms with E-state index in [0.717, 1.165) is 16.8 Å². The first-order valence-corrected chi connectivity index (χ1v) is 6.54. The molecule has 0 heterocycles. The van der Waals surface area contributed by atoms with Crippen molar-refractivity contribution in [3.05, 3.63) is 65.7 Å². The lowest BCUT2D eigenvalue weighted by atomic mass is 10.1. The first-order chi connectivity index (χ1) is 9.90. The zero-order valence-corrected chi connectivity index (χ0v) is 11.5. The van der Waals surface area contributed by atoms with Crippen LogP contribution in [0.5, 0.6) is 0 Å². The van der Waals surface area contributed by atoms with E-state index < -0.39 is 0 Å². The summed E-state index contributed by atoms with van der Waals surface area (Å²) in [6, 6.07) is 20.8. The van der Waals surface area contributed by atoms with Crippen molar-refractivity contribution in [1.82, 2.24) is 0 Å². The minimum atomic E-state index is 0.598. The maximum Gasteiger partial charge on any atom is 0.0952 e. The fourth-order valence-corrected chi connectivity index (χ4v) is 1.75. The van der Waals surface area contributed by atoms with Crippen LogP contribution >= 0.6 is 0 Å². The van der Waals surface area contributed by atoms with Gasteiger partial charge in [0, 0.05) is 6.42 Å². The van der Waals surface area contributed by atoms with Crippen LogP contribution in [0.1, 0.15) is 18.1 Å².